The molecule has 0 fully saturated rings. The fourth-order valence-corrected chi connectivity index (χ4v) is 2.38. The number of carbonyl (C=O) groups is 1. The van der Waals surface area contributed by atoms with Gasteiger partial charge in [0.05, 0.1) is 22.8 Å². The fourth-order valence-electron chi connectivity index (χ4n) is 2.38. The number of nitrogens with one attached hydrogen (secondary N) is 1. The van der Waals surface area contributed by atoms with Gasteiger partial charge in [0, 0.05) is 25.9 Å². The number of rotatable bonds is 2. The molecule has 0 atom stereocenters. The summed E-state index contributed by atoms with van der Waals surface area (Å²) < 4.78 is 15.1. The molecule has 0 spiro atoms. The van der Waals surface area contributed by atoms with E-state index in [1.807, 2.05) is 6.07 Å². The van der Waals surface area contributed by atoms with Crippen LogP contribution in [0.3, 0.4) is 0 Å². The second-order valence-electron chi connectivity index (χ2n) is 4.64. The third-order valence-corrected chi connectivity index (χ3v) is 3.33. The van der Waals surface area contributed by atoms with Crippen molar-refractivity contribution in [3.05, 3.63) is 48.0 Å². The molecular formula is C15H13FN4O. The molecule has 3 rings (SSSR count). The van der Waals surface area contributed by atoms with Crippen LogP contribution in [0.5, 0.6) is 0 Å². The summed E-state index contributed by atoms with van der Waals surface area (Å²) in [6.45, 7) is 0. The van der Waals surface area contributed by atoms with Gasteiger partial charge in [0.25, 0.3) is 5.91 Å². The predicted molar refractivity (Wildman–Crippen MR) is 77.3 cm³/mol. The lowest BCUT2D eigenvalue weighted by Gasteiger charge is -2.05. The van der Waals surface area contributed by atoms with Crippen molar-refractivity contribution in [2.75, 3.05) is 7.05 Å². The Morgan fingerprint density at radius 1 is 1.33 bits per heavy atom. The molecular weight excluding hydrogens is 271 g/mol. The first-order valence-corrected chi connectivity index (χ1v) is 6.40. The number of hydrogen-bond donors (Lipinski definition) is 1. The first kappa shape index (κ1) is 13.2. The molecule has 0 aliphatic rings. The molecule has 0 radical (unpaired) electrons. The van der Waals surface area contributed by atoms with E-state index in [-0.39, 0.29) is 5.91 Å². The molecule has 6 heteroatoms. The summed E-state index contributed by atoms with van der Waals surface area (Å²) in [5.41, 5.74) is 2.48. The molecule has 0 saturated carbocycles. The van der Waals surface area contributed by atoms with Gasteiger partial charge in [0.1, 0.15) is 11.6 Å². The molecule has 0 aliphatic carbocycles. The van der Waals surface area contributed by atoms with Gasteiger partial charge in [0.2, 0.25) is 0 Å². The number of aromatic nitrogens is 3. The van der Waals surface area contributed by atoms with Crippen molar-refractivity contribution in [2.24, 2.45) is 7.05 Å². The molecule has 106 valence electrons. The monoisotopic (exact) mass is 284 g/mol. The highest BCUT2D eigenvalue weighted by molar-refractivity contribution is 6.05. The van der Waals surface area contributed by atoms with Crippen LogP contribution < -0.4 is 5.32 Å². The zero-order valence-electron chi connectivity index (χ0n) is 11.6. The highest BCUT2D eigenvalue weighted by Gasteiger charge is 2.16. The second kappa shape index (κ2) is 4.97. The first-order chi connectivity index (χ1) is 10.1. The number of pyridine rings is 1. The van der Waals surface area contributed by atoms with E-state index in [0.717, 1.165) is 6.20 Å². The minimum Gasteiger partial charge on any atom is -0.355 e. The number of para-hydroxylation sites is 1. The van der Waals surface area contributed by atoms with Crippen LogP contribution in [0.4, 0.5) is 4.39 Å². The third kappa shape index (κ3) is 2.14. The van der Waals surface area contributed by atoms with E-state index in [1.54, 1.807) is 37.0 Å². The van der Waals surface area contributed by atoms with Gasteiger partial charge in [-0.05, 0) is 18.2 Å². The van der Waals surface area contributed by atoms with Gasteiger partial charge in [-0.3, -0.25) is 9.78 Å². The number of carbonyl (C=O) groups excluding carboxylic acids is 1. The minimum atomic E-state index is -0.425. The predicted octanol–water partition coefficient (Wildman–Crippen LogP) is 2.13. The van der Waals surface area contributed by atoms with E-state index >= 15 is 0 Å². The number of benzene rings is 1. The zero-order chi connectivity index (χ0) is 15.0. The summed E-state index contributed by atoms with van der Waals surface area (Å²) in [5, 5.41) is 2.61. The Bertz CT molecular complexity index is 841. The van der Waals surface area contributed by atoms with Gasteiger partial charge in [-0.25, -0.2) is 9.37 Å². The van der Waals surface area contributed by atoms with Gasteiger partial charge >= 0.3 is 0 Å². The van der Waals surface area contributed by atoms with Crippen LogP contribution >= 0.6 is 0 Å². The molecule has 1 N–H and O–H groups in total. The van der Waals surface area contributed by atoms with Crippen molar-refractivity contribution in [3.8, 4) is 11.4 Å². The lowest BCUT2D eigenvalue weighted by atomic mass is 10.1. The lowest BCUT2D eigenvalue weighted by Crippen LogP contribution is -2.18. The van der Waals surface area contributed by atoms with Gasteiger partial charge < -0.3 is 9.88 Å². The molecule has 0 saturated heterocycles. The molecule has 0 aliphatic heterocycles. The third-order valence-electron chi connectivity index (χ3n) is 3.33. The highest BCUT2D eigenvalue weighted by Crippen LogP contribution is 2.25. The van der Waals surface area contributed by atoms with Crippen LogP contribution in [0.25, 0.3) is 22.4 Å². The number of imidazole rings is 1. The maximum atomic E-state index is 13.3. The standard InChI is InChI=1S/C15H13FN4O/c1-17-15(21)11-4-3-5-12-13(11)20(2)14(19-12)9-6-10(16)8-18-7-9/h3-8H,1-2H3,(H,17,21). The van der Waals surface area contributed by atoms with E-state index in [2.05, 4.69) is 15.3 Å². The highest BCUT2D eigenvalue weighted by atomic mass is 19.1. The number of fused-ring (bicyclic) bond motifs is 1. The summed E-state index contributed by atoms with van der Waals surface area (Å²) >= 11 is 0. The van der Waals surface area contributed by atoms with Crippen LogP contribution in [0, 0.1) is 5.82 Å². The van der Waals surface area contributed by atoms with Gasteiger partial charge in [-0.2, -0.15) is 0 Å². The van der Waals surface area contributed by atoms with Crippen LogP contribution in [0.1, 0.15) is 10.4 Å². The van der Waals surface area contributed by atoms with Gasteiger partial charge in [0.15, 0.2) is 0 Å². The van der Waals surface area contributed by atoms with E-state index < -0.39 is 5.82 Å². The summed E-state index contributed by atoms with van der Waals surface area (Å²) in [4.78, 5) is 20.3. The van der Waals surface area contributed by atoms with Crippen LogP contribution in [-0.4, -0.2) is 27.5 Å². The number of nitrogens with zero attached hydrogens (tertiary/aromatic N) is 3. The van der Waals surface area contributed by atoms with Crippen molar-refractivity contribution in [3.63, 3.8) is 0 Å². The largest absolute Gasteiger partial charge is 0.355 e. The topological polar surface area (TPSA) is 59.8 Å². The Kier molecular flexibility index (Phi) is 3.13. The van der Waals surface area contributed by atoms with E-state index in [1.165, 1.54) is 6.07 Å². The van der Waals surface area contributed by atoms with Crippen molar-refractivity contribution >= 4 is 16.9 Å². The SMILES string of the molecule is CNC(=O)c1cccc2nc(-c3cncc(F)c3)n(C)c12. The summed E-state index contributed by atoms with van der Waals surface area (Å²) in [6.07, 6.45) is 2.69. The van der Waals surface area contributed by atoms with Crippen LogP contribution in [-0.2, 0) is 7.05 Å². The summed E-state index contributed by atoms with van der Waals surface area (Å²) in [7, 11) is 3.37. The Labute approximate surface area is 120 Å². The molecule has 2 heterocycles. The number of hydrogen-bond acceptors (Lipinski definition) is 3. The average Bonchev–Trinajstić information content (AvgIpc) is 2.84. The molecule has 5 nitrogen and oxygen atoms in total. The second-order valence-corrected chi connectivity index (χ2v) is 4.64. The lowest BCUT2D eigenvalue weighted by molar-refractivity contribution is 0.0964. The maximum Gasteiger partial charge on any atom is 0.253 e. The summed E-state index contributed by atoms with van der Waals surface area (Å²) in [5.74, 6) is -0.0491. The Morgan fingerprint density at radius 3 is 2.86 bits per heavy atom. The van der Waals surface area contributed by atoms with E-state index in [9.17, 15) is 9.18 Å². The molecule has 1 amide bonds. The summed E-state index contributed by atoms with van der Waals surface area (Å²) in [6, 6.07) is 6.69. The molecule has 3 aromatic rings. The fraction of sp³-hybridized carbons (Fsp3) is 0.133. The number of amides is 1. The molecule has 1 aromatic carbocycles. The van der Waals surface area contributed by atoms with E-state index in [0.29, 0.717) is 28.0 Å². The normalized spacial score (nSPS) is 10.8. The van der Waals surface area contributed by atoms with Crippen LogP contribution in [0.15, 0.2) is 36.7 Å². The van der Waals surface area contributed by atoms with Crippen molar-refractivity contribution in [2.45, 2.75) is 0 Å². The van der Waals surface area contributed by atoms with Gasteiger partial charge in [-0.1, -0.05) is 6.07 Å². The molecule has 0 unspecified atom stereocenters. The minimum absolute atomic E-state index is 0.187. The average molecular weight is 284 g/mol. The van der Waals surface area contributed by atoms with Crippen molar-refractivity contribution in [1.82, 2.24) is 19.9 Å². The van der Waals surface area contributed by atoms with E-state index in [4.69, 9.17) is 0 Å². The van der Waals surface area contributed by atoms with Crippen LogP contribution in [0.2, 0.25) is 0 Å². The quantitative estimate of drug-likeness (QED) is 0.784. The molecule has 21 heavy (non-hydrogen) atoms. The first-order valence-electron chi connectivity index (χ1n) is 6.40. The van der Waals surface area contributed by atoms with Crippen molar-refractivity contribution in [1.29, 1.82) is 0 Å². The maximum absolute atomic E-state index is 13.3. The Balaban J connectivity index is 2.28. The number of halogens is 1. The smallest absolute Gasteiger partial charge is 0.253 e. The number of aryl methyl sites for hydroxylation is 1. The molecule has 2 aromatic heterocycles. The molecule has 0 bridgehead atoms. The van der Waals surface area contributed by atoms with Gasteiger partial charge in [-0.15, -0.1) is 0 Å². The zero-order valence-corrected chi connectivity index (χ0v) is 11.6. The Morgan fingerprint density at radius 2 is 2.14 bits per heavy atom. The Hall–Kier alpha value is -2.76. The van der Waals surface area contributed by atoms with Crippen molar-refractivity contribution < 1.29 is 9.18 Å².